The third-order valence-corrected chi connectivity index (χ3v) is 12.7. The van der Waals surface area contributed by atoms with Crippen LogP contribution in [0.15, 0.2) is 60.7 Å². The molecule has 1 aliphatic carbocycles. The standard InChI is InChI=1S/C48H51F3N6O10/c1-28-11-13-30(14-12-28)26-55(29(2)48(49,50)51)41(61)27-56-45(65)47(67-46(56)66)22-21-31-24-33(16-18-37(31)47)53-39(59)10-6-5-9-34(58)8-4-3-7-23-52-32-15-17-35-36(25-32)44(64)57(43(35)63)38-19-20-40(60)54-42(38)62/h11-18,24-25,29,38,52H,3-10,19-23,26-27H2,1-2H3,(H,53,59)(H,54,60,62)/t29-,38?,47+/m0/s1. The molecule has 67 heavy (non-hydrogen) atoms. The Hall–Kier alpha value is -6.92. The van der Waals surface area contributed by atoms with Gasteiger partial charge in [0.2, 0.25) is 29.2 Å². The van der Waals surface area contributed by atoms with Crippen molar-refractivity contribution in [2.75, 3.05) is 23.7 Å². The first-order valence-electron chi connectivity index (χ1n) is 22.4. The van der Waals surface area contributed by atoms with E-state index < -0.39 is 78.5 Å². The Labute approximate surface area is 383 Å². The molecule has 4 aliphatic rings. The van der Waals surface area contributed by atoms with E-state index in [2.05, 4.69) is 16.0 Å². The molecule has 0 radical (unpaired) electrons. The first kappa shape index (κ1) is 48.0. The Kier molecular flexibility index (Phi) is 14.3. The van der Waals surface area contributed by atoms with Gasteiger partial charge in [0.1, 0.15) is 24.4 Å². The van der Waals surface area contributed by atoms with E-state index in [0.717, 1.165) is 30.2 Å². The van der Waals surface area contributed by atoms with Gasteiger partial charge in [0.05, 0.1) is 11.1 Å². The van der Waals surface area contributed by atoms with E-state index in [4.69, 9.17) is 4.74 Å². The molecule has 3 aliphatic heterocycles. The number of amides is 8. The van der Waals surface area contributed by atoms with E-state index >= 15 is 0 Å². The number of aryl methyl sites for hydroxylation is 2. The highest BCUT2D eigenvalue weighted by molar-refractivity contribution is 6.23. The molecule has 19 heteroatoms. The van der Waals surface area contributed by atoms with Crippen molar-refractivity contribution in [3.63, 3.8) is 0 Å². The maximum absolute atomic E-state index is 13.9. The maximum atomic E-state index is 13.9. The number of unbranched alkanes of at least 4 members (excludes halogenated alkanes) is 3. The Balaban J connectivity index is 0.804. The van der Waals surface area contributed by atoms with E-state index in [9.17, 15) is 56.3 Å². The minimum Gasteiger partial charge on any atom is -0.427 e. The summed E-state index contributed by atoms with van der Waals surface area (Å²) in [6.45, 7) is 1.89. The number of carbonyl (C=O) groups excluding carboxylic acids is 9. The summed E-state index contributed by atoms with van der Waals surface area (Å²) in [4.78, 5) is 118. The van der Waals surface area contributed by atoms with Crippen molar-refractivity contribution in [2.24, 2.45) is 0 Å². The zero-order valence-corrected chi connectivity index (χ0v) is 37.1. The van der Waals surface area contributed by atoms with Crippen molar-refractivity contribution < 1.29 is 61.1 Å². The number of ether oxygens (including phenoxy) is 1. The smallest absolute Gasteiger partial charge is 0.418 e. The van der Waals surface area contributed by atoms with Crippen LogP contribution in [-0.2, 0) is 52.1 Å². The van der Waals surface area contributed by atoms with Gasteiger partial charge in [-0.15, -0.1) is 0 Å². The van der Waals surface area contributed by atoms with Gasteiger partial charge in [-0.05, 0) is 93.8 Å². The molecular weight excluding hydrogens is 878 g/mol. The van der Waals surface area contributed by atoms with Crippen LogP contribution in [0.25, 0.3) is 0 Å². The molecule has 3 N–H and O–H groups in total. The number of anilines is 2. The SMILES string of the molecule is Cc1ccc(CN(C(=O)CN2C(=O)O[C@@]3(CCc4cc(NC(=O)CCCCC(=O)CCCCCNc5ccc6c(c5)C(=O)N(C5CCC(=O)NC5=O)C6=O)ccc43)C2=O)[C@@H](C)C(F)(F)F)cc1. The molecule has 3 aromatic carbocycles. The molecule has 0 saturated carbocycles. The monoisotopic (exact) mass is 928 g/mol. The summed E-state index contributed by atoms with van der Waals surface area (Å²) in [6, 6.07) is 13.0. The first-order valence-corrected chi connectivity index (χ1v) is 22.4. The molecule has 3 aromatic rings. The molecule has 0 aromatic heterocycles. The van der Waals surface area contributed by atoms with Crippen molar-refractivity contribution in [1.82, 2.24) is 20.0 Å². The molecule has 8 amide bonds. The Morgan fingerprint density at radius 1 is 0.851 bits per heavy atom. The normalized spacial score (nSPS) is 19.3. The van der Waals surface area contributed by atoms with Crippen LogP contribution in [-0.4, -0.2) is 99.3 Å². The summed E-state index contributed by atoms with van der Waals surface area (Å²) in [7, 11) is 0. The van der Waals surface area contributed by atoms with Gasteiger partial charge in [-0.1, -0.05) is 42.3 Å². The highest BCUT2D eigenvalue weighted by atomic mass is 19.4. The number of carbonyl (C=O) groups is 9. The lowest BCUT2D eigenvalue weighted by Gasteiger charge is -2.31. The number of hydrogen-bond donors (Lipinski definition) is 3. The average molecular weight is 929 g/mol. The second kappa shape index (κ2) is 19.9. The van der Waals surface area contributed by atoms with Gasteiger partial charge in [0.25, 0.3) is 17.7 Å². The summed E-state index contributed by atoms with van der Waals surface area (Å²) in [6.07, 6.45) is -1.41. The highest BCUT2D eigenvalue weighted by Gasteiger charge is 2.59. The van der Waals surface area contributed by atoms with Crippen LogP contribution in [0.4, 0.5) is 29.3 Å². The number of rotatable bonds is 19. The van der Waals surface area contributed by atoms with Crippen LogP contribution >= 0.6 is 0 Å². The van der Waals surface area contributed by atoms with Crippen LogP contribution in [0.3, 0.4) is 0 Å². The predicted octanol–water partition coefficient (Wildman–Crippen LogP) is 6.24. The largest absolute Gasteiger partial charge is 0.427 e. The molecule has 0 bridgehead atoms. The van der Waals surface area contributed by atoms with Gasteiger partial charge in [-0.3, -0.25) is 48.6 Å². The molecule has 1 spiro atoms. The van der Waals surface area contributed by atoms with Gasteiger partial charge in [-0.2, -0.15) is 13.2 Å². The fourth-order valence-electron chi connectivity index (χ4n) is 8.86. The van der Waals surface area contributed by atoms with E-state index in [1.165, 1.54) is 6.07 Å². The van der Waals surface area contributed by atoms with Crippen molar-refractivity contribution in [2.45, 2.75) is 121 Å². The lowest BCUT2D eigenvalue weighted by atomic mass is 9.94. The van der Waals surface area contributed by atoms with Gasteiger partial charge < -0.3 is 20.3 Å². The summed E-state index contributed by atoms with van der Waals surface area (Å²) in [5, 5.41) is 8.22. The second-order valence-corrected chi connectivity index (χ2v) is 17.4. The van der Waals surface area contributed by atoms with Crippen LogP contribution in [0.5, 0.6) is 0 Å². The van der Waals surface area contributed by atoms with Gasteiger partial charge in [-0.25, -0.2) is 9.69 Å². The Morgan fingerprint density at radius 2 is 1.54 bits per heavy atom. The Bertz CT molecular complexity index is 2510. The summed E-state index contributed by atoms with van der Waals surface area (Å²) in [5.41, 5.74) is 2.02. The van der Waals surface area contributed by atoms with Crippen molar-refractivity contribution >= 4 is 64.6 Å². The fraction of sp³-hybridized carbons (Fsp3) is 0.438. The quantitative estimate of drug-likeness (QED) is 0.0906. The molecule has 3 heterocycles. The van der Waals surface area contributed by atoms with Crippen LogP contribution in [0.1, 0.15) is 121 Å². The zero-order chi connectivity index (χ0) is 48.2. The third kappa shape index (κ3) is 10.5. The third-order valence-electron chi connectivity index (χ3n) is 12.7. The fourth-order valence-corrected chi connectivity index (χ4v) is 8.86. The molecule has 16 nitrogen and oxygen atoms in total. The molecule has 1 unspecified atom stereocenters. The Morgan fingerprint density at radius 3 is 2.25 bits per heavy atom. The number of halogens is 3. The van der Waals surface area contributed by atoms with Crippen molar-refractivity contribution in [1.29, 1.82) is 0 Å². The topological polar surface area (TPSA) is 209 Å². The van der Waals surface area contributed by atoms with Crippen molar-refractivity contribution in [3.8, 4) is 0 Å². The zero-order valence-electron chi connectivity index (χ0n) is 37.1. The number of nitrogens with zero attached hydrogens (tertiary/aromatic N) is 3. The van der Waals surface area contributed by atoms with E-state index in [1.807, 2.05) is 6.92 Å². The molecular formula is C48H51F3N6O10. The van der Waals surface area contributed by atoms with Gasteiger partial charge >= 0.3 is 12.3 Å². The number of ketones is 1. The maximum Gasteiger partial charge on any atom is 0.418 e. The number of nitrogens with one attached hydrogen (secondary N) is 3. The summed E-state index contributed by atoms with van der Waals surface area (Å²) in [5.74, 6) is -4.39. The second-order valence-electron chi connectivity index (χ2n) is 17.4. The van der Waals surface area contributed by atoms with Crippen LogP contribution in [0, 0.1) is 6.92 Å². The lowest BCUT2D eigenvalue weighted by Crippen LogP contribution is -2.54. The minimum atomic E-state index is -4.77. The van der Waals surface area contributed by atoms with Crippen LogP contribution in [0.2, 0.25) is 0 Å². The molecule has 3 atom stereocenters. The summed E-state index contributed by atoms with van der Waals surface area (Å²) < 4.78 is 47.2. The van der Waals surface area contributed by atoms with Crippen molar-refractivity contribution in [3.05, 3.63) is 94.0 Å². The lowest BCUT2D eigenvalue weighted by molar-refractivity contribution is -0.187. The van der Waals surface area contributed by atoms with E-state index in [0.29, 0.717) is 76.5 Å². The van der Waals surface area contributed by atoms with E-state index in [1.54, 1.807) is 54.6 Å². The summed E-state index contributed by atoms with van der Waals surface area (Å²) >= 11 is 0. The number of alkyl halides is 3. The number of Topliss-reactive ketones (excluding diaryl/α,β-unsaturated/α-hetero) is 1. The number of hydrogen-bond acceptors (Lipinski definition) is 11. The average Bonchev–Trinajstić information content (AvgIpc) is 3.85. The van der Waals surface area contributed by atoms with Gasteiger partial charge in [0.15, 0.2) is 0 Å². The predicted molar refractivity (Wildman–Crippen MR) is 234 cm³/mol. The van der Waals surface area contributed by atoms with Gasteiger partial charge in [0, 0.05) is 62.1 Å². The number of piperidine rings is 1. The van der Waals surface area contributed by atoms with E-state index in [-0.39, 0.29) is 54.9 Å². The molecule has 7 rings (SSSR count). The number of imide groups is 3. The minimum absolute atomic E-state index is 0.0379. The molecule has 2 fully saturated rings. The van der Waals surface area contributed by atoms with Crippen LogP contribution < -0.4 is 16.0 Å². The molecule has 354 valence electrons. The number of fused-ring (bicyclic) bond motifs is 3. The molecule has 2 saturated heterocycles. The number of benzene rings is 3. The highest BCUT2D eigenvalue weighted by Crippen LogP contribution is 2.46. The first-order chi connectivity index (χ1) is 31.9.